The van der Waals surface area contributed by atoms with E-state index in [0.29, 0.717) is 11.8 Å². The van der Waals surface area contributed by atoms with Gasteiger partial charge in [0.05, 0.1) is 0 Å². The van der Waals surface area contributed by atoms with Crippen molar-refractivity contribution >= 4 is 25.3 Å². The predicted molar refractivity (Wildman–Crippen MR) is 78.9 cm³/mol. The third-order valence-corrected chi connectivity index (χ3v) is 4.47. The van der Waals surface area contributed by atoms with E-state index in [1.54, 1.807) is 0 Å². The summed E-state index contributed by atoms with van der Waals surface area (Å²) in [7, 11) is 0. The van der Waals surface area contributed by atoms with Gasteiger partial charge in [0.25, 0.3) is 0 Å². The topological polar surface area (TPSA) is 6.48 Å². The lowest BCUT2D eigenvalue weighted by molar-refractivity contribution is 0.114. The highest BCUT2D eigenvalue weighted by atomic mass is 32.1. The minimum atomic E-state index is 0.714. The van der Waals surface area contributed by atoms with Crippen LogP contribution in [0.25, 0.3) is 0 Å². The molecule has 1 aliphatic heterocycles. The Morgan fingerprint density at radius 1 is 0.812 bits per heavy atom. The summed E-state index contributed by atoms with van der Waals surface area (Å²) in [4.78, 5) is 5.14. The van der Waals surface area contributed by atoms with Crippen molar-refractivity contribution in [3.05, 3.63) is 0 Å². The highest BCUT2D eigenvalue weighted by Crippen LogP contribution is 2.09. The molecule has 2 unspecified atom stereocenters. The summed E-state index contributed by atoms with van der Waals surface area (Å²) in [5.41, 5.74) is 0. The van der Waals surface area contributed by atoms with Crippen LogP contribution >= 0.6 is 25.3 Å². The largest absolute Gasteiger partial charge is 0.301 e. The van der Waals surface area contributed by atoms with Crippen LogP contribution in [-0.4, -0.2) is 60.6 Å². The number of hydrogen-bond donors (Lipinski definition) is 2. The maximum Gasteiger partial charge on any atom is 0.0110 e. The minimum absolute atomic E-state index is 0.714. The van der Waals surface area contributed by atoms with Crippen LogP contribution in [0.3, 0.4) is 0 Å². The first-order valence-corrected chi connectivity index (χ1v) is 7.58. The van der Waals surface area contributed by atoms with Gasteiger partial charge in [0.15, 0.2) is 0 Å². The van der Waals surface area contributed by atoms with Gasteiger partial charge in [-0.25, -0.2) is 0 Å². The van der Waals surface area contributed by atoms with E-state index < -0.39 is 0 Å². The molecule has 1 rings (SSSR count). The zero-order valence-corrected chi connectivity index (χ0v) is 12.4. The molecule has 96 valence electrons. The van der Waals surface area contributed by atoms with E-state index in [9.17, 15) is 0 Å². The molecule has 1 heterocycles. The van der Waals surface area contributed by atoms with Crippen LogP contribution in [0.4, 0.5) is 0 Å². The second-order valence-corrected chi connectivity index (χ2v) is 5.91. The monoisotopic (exact) mass is 262 g/mol. The number of nitrogens with zero attached hydrogens (tertiary/aromatic N) is 2. The van der Waals surface area contributed by atoms with Gasteiger partial charge in [-0.2, -0.15) is 25.3 Å². The molecule has 4 heteroatoms. The predicted octanol–water partition coefficient (Wildman–Crippen LogP) is 1.74. The Morgan fingerprint density at radius 2 is 1.12 bits per heavy atom. The molecule has 1 aliphatic rings. The van der Waals surface area contributed by atoms with Crippen LogP contribution in [0.2, 0.25) is 0 Å². The van der Waals surface area contributed by atoms with Gasteiger partial charge < -0.3 is 9.80 Å². The first-order valence-electron chi connectivity index (χ1n) is 6.32. The first-order chi connectivity index (χ1) is 7.65. The standard InChI is InChI=1S/C12H26N2S2/c1-11(9-15)7-13-3-5-14(6-4-13)8-12(2)10-16/h11-12,15-16H,3-10H2,1-2H3. The molecule has 0 bridgehead atoms. The van der Waals surface area contributed by atoms with E-state index >= 15 is 0 Å². The Bertz CT molecular complexity index is 162. The number of thiol groups is 2. The lowest BCUT2D eigenvalue weighted by atomic mass is 10.1. The average molecular weight is 262 g/mol. The van der Waals surface area contributed by atoms with Gasteiger partial charge in [-0.1, -0.05) is 13.8 Å². The van der Waals surface area contributed by atoms with Crippen LogP contribution in [-0.2, 0) is 0 Å². The maximum atomic E-state index is 4.35. The molecule has 0 aromatic heterocycles. The second kappa shape index (κ2) is 7.85. The van der Waals surface area contributed by atoms with Crippen molar-refractivity contribution < 1.29 is 0 Å². The molecule has 0 saturated carbocycles. The molecule has 1 saturated heterocycles. The number of hydrogen-bond acceptors (Lipinski definition) is 4. The second-order valence-electron chi connectivity index (χ2n) is 5.18. The van der Waals surface area contributed by atoms with Crippen LogP contribution in [0.15, 0.2) is 0 Å². The Labute approximate surface area is 112 Å². The molecular formula is C12H26N2S2. The summed E-state index contributed by atoms with van der Waals surface area (Å²) >= 11 is 8.69. The highest BCUT2D eigenvalue weighted by molar-refractivity contribution is 7.80. The van der Waals surface area contributed by atoms with Crippen molar-refractivity contribution in [1.29, 1.82) is 0 Å². The molecule has 0 amide bonds. The van der Waals surface area contributed by atoms with E-state index in [1.165, 1.54) is 39.3 Å². The van der Waals surface area contributed by atoms with Gasteiger partial charge in [0, 0.05) is 39.3 Å². The van der Waals surface area contributed by atoms with Crippen molar-refractivity contribution in [2.45, 2.75) is 13.8 Å². The van der Waals surface area contributed by atoms with E-state index in [-0.39, 0.29) is 0 Å². The van der Waals surface area contributed by atoms with Crippen LogP contribution in [0, 0.1) is 11.8 Å². The molecule has 0 aliphatic carbocycles. The molecule has 0 radical (unpaired) electrons. The lowest BCUT2D eigenvalue weighted by Crippen LogP contribution is -2.48. The Balaban J connectivity index is 2.18. The molecular weight excluding hydrogens is 236 g/mol. The van der Waals surface area contributed by atoms with Crippen LogP contribution < -0.4 is 0 Å². The number of piperazine rings is 1. The minimum Gasteiger partial charge on any atom is -0.301 e. The zero-order chi connectivity index (χ0) is 12.0. The summed E-state index contributed by atoms with van der Waals surface area (Å²) in [5.74, 6) is 3.42. The highest BCUT2D eigenvalue weighted by Gasteiger charge is 2.18. The summed E-state index contributed by atoms with van der Waals surface area (Å²) in [6.45, 7) is 11.9. The third-order valence-electron chi connectivity index (χ3n) is 3.23. The Kier molecular flexibility index (Phi) is 7.20. The van der Waals surface area contributed by atoms with E-state index in [0.717, 1.165) is 11.5 Å². The fourth-order valence-corrected chi connectivity index (χ4v) is 2.38. The number of rotatable bonds is 6. The van der Waals surface area contributed by atoms with Crippen molar-refractivity contribution in [3.63, 3.8) is 0 Å². The molecule has 1 fully saturated rings. The fourth-order valence-electron chi connectivity index (χ4n) is 2.15. The van der Waals surface area contributed by atoms with Crippen molar-refractivity contribution in [2.24, 2.45) is 11.8 Å². The third kappa shape index (κ3) is 5.30. The van der Waals surface area contributed by atoms with Gasteiger partial charge in [0.2, 0.25) is 0 Å². The first kappa shape index (κ1) is 14.7. The Morgan fingerprint density at radius 3 is 1.38 bits per heavy atom. The van der Waals surface area contributed by atoms with Crippen molar-refractivity contribution in [2.75, 3.05) is 50.8 Å². The van der Waals surface area contributed by atoms with Gasteiger partial charge >= 0.3 is 0 Å². The summed E-state index contributed by atoms with van der Waals surface area (Å²) in [5, 5.41) is 0. The van der Waals surface area contributed by atoms with E-state index in [4.69, 9.17) is 0 Å². The molecule has 0 aromatic rings. The normalized spacial score (nSPS) is 23.2. The quantitative estimate of drug-likeness (QED) is 0.704. The van der Waals surface area contributed by atoms with Gasteiger partial charge in [-0.3, -0.25) is 0 Å². The van der Waals surface area contributed by atoms with Crippen molar-refractivity contribution in [1.82, 2.24) is 9.80 Å². The zero-order valence-electron chi connectivity index (χ0n) is 10.6. The molecule has 0 N–H and O–H groups in total. The molecule has 0 aromatic carbocycles. The van der Waals surface area contributed by atoms with E-state index in [1.807, 2.05) is 0 Å². The van der Waals surface area contributed by atoms with Crippen molar-refractivity contribution in [3.8, 4) is 0 Å². The molecule has 16 heavy (non-hydrogen) atoms. The molecule has 2 atom stereocenters. The van der Waals surface area contributed by atoms with Gasteiger partial charge in [-0.05, 0) is 23.3 Å². The average Bonchev–Trinajstić information content (AvgIpc) is 2.31. The van der Waals surface area contributed by atoms with Gasteiger partial charge in [-0.15, -0.1) is 0 Å². The fraction of sp³-hybridized carbons (Fsp3) is 1.00. The van der Waals surface area contributed by atoms with Gasteiger partial charge in [0.1, 0.15) is 0 Å². The summed E-state index contributed by atoms with van der Waals surface area (Å²) < 4.78 is 0. The lowest BCUT2D eigenvalue weighted by Gasteiger charge is -2.36. The summed E-state index contributed by atoms with van der Waals surface area (Å²) in [6, 6.07) is 0. The summed E-state index contributed by atoms with van der Waals surface area (Å²) in [6.07, 6.45) is 0. The Hall–Kier alpha value is 0.620. The maximum absolute atomic E-state index is 4.35. The SMILES string of the molecule is CC(CS)CN1CCN(CC(C)CS)CC1. The van der Waals surface area contributed by atoms with E-state index in [2.05, 4.69) is 48.9 Å². The smallest absolute Gasteiger partial charge is 0.0110 e. The molecule has 0 spiro atoms. The van der Waals surface area contributed by atoms with Crippen LogP contribution in [0.5, 0.6) is 0 Å². The van der Waals surface area contributed by atoms with Crippen LogP contribution in [0.1, 0.15) is 13.8 Å². The molecule has 2 nitrogen and oxygen atoms in total.